The van der Waals surface area contributed by atoms with Crippen LogP contribution in [0.2, 0.25) is 10.0 Å². The van der Waals surface area contributed by atoms with Crippen molar-refractivity contribution in [3.8, 4) is 0 Å². The Morgan fingerprint density at radius 1 is 1.24 bits per heavy atom. The van der Waals surface area contributed by atoms with Gasteiger partial charge in [-0.05, 0) is 25.1 Å². The van der Waals surface area contributed by atoms with Crippen LogP contribution in [0.3, 0.4) is 0 Å². The highest BCUT2D eigenvalue weighted by Gasteiger charge is 2.37. The molecule has 0 bridgehead atoms. The van der Waals surface area contributed by atoms with Gasteiger partial charge >= 0.3 is 6.18 Å². The molecule has 14 heteroatoms. The van der Waals surface area contributed by atoms with Gasteiger partial charge in [-0.2, -0.15) is 26.7 Å². The fraction of sp³-hybridized carbons (Fsp3) is 0.133. The van der Waals surface area contributed by atoms with Gasteiger partial charge in [-0.15, -0.1) is 0 Å². The predicted octanol–water partition coefficient (Wildman–Crippen LogP) is 2.53. The van der Waals surface area contributed by atoms with E-state index in [0.717, 1.165) is 0 Å². The lowest BCUT2D eigenvalue weighted by Crippen LogP contribution is -2.26. The van der Waals surface area contributed by atoms with E-state index in [4.69, 9.17) is 23.2 Å². The average Bonchev–Trinajstić information content (AvgIpc) is 2.97. The Balaban J connectivity index is 2.31. The van der Waals surface area contributed by atoms with E-state index in [1.807, 2.05) is 4.72 Å². The van der Waals surface area contributed by atoms with Crippen molar-refractivity contribution in [2.24, 2.45) is 0 Å². The summed E-state index contributed by atoms with van der Waals surface area (Å²) in [6.07, 6.45) is -4.97. The van der Waals surface area contributed by atoms with Gasteiger partial charge in [0.1, 0.15) is 5.69 Å². The number of aromatic carboxylic acids is 1. The number of sulfonamides is 1. The van der Waals surface area contributed by atoms with Crippen LogP contribution in [0.15, 0.2) is 29.3 Å². The minimum atomic E-state index is -4.97. The summed E-state index contributed by atoms with van der Waals surface area (Å²) in [6.45, 7) is 1.18. The quantitative estimate of drug-likeness (QED) is 0.629. The average molecular weight is 468 g/mol. The first-order valence-corrected chi connectivity index (χ1v) is 9.72. The molecular formula is C15H8Cl2F3N4O4S-. The zero-order valence-corrected chi connectivity index (χ0v) is 16.4. The van der Waals surface area contributed by atoms with E-state index in [-0.39, 0.29) is 25.9 Å². The zero-order chi connectivity index (χ0) is 21.7. The number of hydrogen-bond donors (Lipinski definition) is 1. The summed E-state index contributed by atoms with van der Waals surface area (Å²) >= 11 is 11.8. The van der Waals surface area contributed by atoms with Crippen molar-refractivity contribution in [3.05, 3.63) is 51.3 Å². The summed E-state index contributed by atoms with van der Waals surface area (Å²) in [5.41, 5.74) is -3.92. The second-order valence-corrected chi connectivity index (χ2v) is 8.10. The molecule has 0 aliphatic rings. The number of carboxylic acid groups (broad SMARTS) is 1. The molecule has 0 saturated heterocycles. The standard InChI is InChI=1S/C15H9Cl2F3N4O4S/c1-6-5-9(15(18,19)20)24-12(21-6)10(14(25)26)13(22-24)29(27,28)23-11-7(16)3-2-4-8(11)17/h2-5,23H,1H3,(H,25,26)/p-1. The summed E-state index contributed by atoms with van der Waals surface area (Å²) in [7, 11) is -4.85. The SMILES string of the molecule is Cc1cc(C(F)(F)F)n2nc(S(=O)(=O)Nc3c(Cl)cccc3Cl)c(C(=O)[O-])c2n1. The zero-order valence-electron chi connectivity index (χ0n) is 14.1. The molecule has 154 valence electrons. The number of halogens is 5. The Bertz CT molecular complexity index is 1240. The second-order valence-electron chi connectivity index (χ2n) is 5.69. The van der Waals surface area contributed by atoms with Crippen molar-refractivity contribution in [1.82, 2.24) is 14.6 Å². The highest BCUT2D eigenvalue weighted by atomic mass is 35.5. The second kappa shape index (κ2) is 7.04. The summed E-state index contributed by atoms with van der Waals surface area (Å²) in [4.78, 5) is 15.3. The molecule has 0 atom stereocenters. The normalized spacial score (nSPS) is 12.3. The number of carbonyl (C=O) groups excluding carboxylic acids is 1. The number of anilines is 1. The van der Waals surface area contributed by atoms with Crippen LogP contribution < -0.4 is 9.83 Å². The molecule has 0 aliphatic carbocycles. The molecule has 3 rings (SSSR count). The van der Waals surface area contributed by atoms with E-state index in [2.05, 4.69) is 10.1 Å². The van der Waals surface area contributed by atoms with Gasteiger partial charge in [0.2, 0.25) is 5.03 Å². The lowest BCUT2D eigenvalue weighted by Gasteiger charge is -2.10. The number of aryl methyl sites for hydroxylation is 1. The van der Waals surface area contributed by atoms with Crippen LogP contribution in [0.4, 0.5) is 18.9 Å². The van der Waals surface area contributed by atoms with Gasteiger partial charge in [-0.3, -0.25) is 4.72 Å². The topological polar surface area (TPSA) is 116 Å². The first kappa shape index (κ1) is 21.1. The van der Waals surface area contributed by atoms with Gasteiger partial charge in [-0.25, -0.2) is 9.50 Å². The summed E-state index contributed by atoms with van der Waals surface area (Å²) in [5, 5.41) is 13.4. The van der Waals surface area contributed by atoms with Gasteiger partial charge in [0.05, 0.1) is 27.3 Å². The maximum atomic E-state index is 13.3. The van der Waals surface area contributed by atoms with Crippen molar-refractivity contribution in [1.29, 1.82) is 0 Å². The molecule has 29 heavy (non-hydrogen) atoms. The first-order chi connectivity index (χ1) is 13.3. The fourth-order valence-corrected chi connectivity index (χ4v) is 4.29. The summed E-state index contributed by atoms with van der Waals surface area (Å²) in [6, 6.07) is 4.60. The van der Waals surface area contributed by atoms with Crippen LogP contribution in [-0.4, -0.2) is 29.0 Å². The van der Waals surface area contributed by atoms with Gasteiger partial charge in [0.25, 0.3) is 10.0 Å². The molecule has 0 spiro atoms. The Hall–Kier alpha value is -2.57. The van der Waals surface area contributed by atoms with E-state index < -0.39 is 44.1 Å². The molecule has 0 fully saturated rings. The molecule has 0 aliphatic heterocycles. The lowest BCUT2D eigenvalue weighted by atomic mass is 10.3. The lowest BCUT2D eigenvalue weighted by molar-refractivity contribution is -0.255. The largest absolute Gasteiger partial charge is 0.545 e. The maximum absolute atomic E-state index is 13.3. The molecule has 0 unspecified atom stereocenters. The van der Waals surface area contributed by atoms with Crippen LogP contribution in [0.25, 0.3) is 5.65 Å². The molecule has 0 amide bonds. The monoisotopic (exact) mass is 467 g/mol. The van der Waals surface area contributed by atoms with Crippen LogP contribution in [0, 0.1) is 6.92 Å². The Labute approximate surface area is 170 Å². The van der Waals surface area contributed by atoms with E-state index in [1.165, 1.54) is 25.1 Å². The number of para-hydroxylation sites is 1. The van der Waals surface area contributed by atoms with Crippen molar-refractivity contribution >= 4 is 50.5 Å². The number of carboxylic acids is 1. The molecule has 3 aromatic rings. The number of nitrogens with one attached hydrogen (secondary N) is 1. The molecular weight excluding hydrogens is 460 g/mol. The third-order valence-electron chi connectivity index (χ3n) is 3.63. The van der Waals surface area contributed by atoms with E-state index in [1.54, 1.807) is 0 Å². The summed E-state index contributed by atoms with van der Waals surface area (Å²) in [5.74, 6) is -2.09. The third kappa shape index (κ3) is 3.82. The number of alkyl halides is 3. The number of aromatic nitrogens is 3. The van der Waals surface area contributed by atoms with Crippen molar-refractivity contribution in [3.63, 3.8) is 0 Å². The highest BCUT2D eigenvalue weighted by molar-refractivity contribution is 7.92. The number of carbonyl (C=O) groups is 1. The first-order valence-electron chi connectivity index (χ1n) is 7.48. The van der Waals surface area contributed by atoms with E-state index >= 15 is 0 Å². The van der Waals surface area contributed by atoms with Crippen LogP contribution in [0.5, 0.6) is 0 Å². The molecule has 2 aromatic heterocycles. The highest BCUT2D eigenvalue weighted by Crippen LogP contribution is 2.34. The number of nitrogens with zero attached hydrogens (tertiary/aromatic N) is 3. The number of benzene rings is 1. The number of fused-ring (bicyclic) bond motifs is 1. The van der Waals surface area contributed by atoms with Gasteiger partial charge < -0.3 is 9.90 Å². The van der Waals surface area contributed by atoms with Gasteiger partial charge in [-0.1, -0.05) is 29.3 Å². The fourth-order valence-electron chi connectivity index (χ4n) is 2.47. The smallest absolute Gasteiger partial charge is 0.433 e. The Morgan fingerprint density at radius 3 is 2.34 bits per heavy atom. The van der Waals surface area contributed by atoms with Crippen LogP contribution in [-0.2, 0) is 16.2 Å². The molecule has 0 radical (unpaired) electrons. The third-order valence-corrected chi connectivity index (χ3v) is 5.53. The minimum absolute atomic E-state index is 0.0842. The Kier molecular flexibility index (Phi) is 5.13. The van der Waals surface area contributed by atoms with Crippen molar-refractivity contribution in [2.45, 2.75) is 18.1 Å². The molecule has 0 saturated carbocycles. The van der Waals surface area contributed by atoms with Crippen LogP contribution >= 0.6 is 23.2 Å². The summed E-state index contributed by atoms with van der Waals surface area (Å²) < 4.78 is 67.5. The number of hydrogen-bond acceptors (Lipinski definition) is 6. The van der Waals surface area contributed by atoms with Gasteiger partial charge in [0.15, 0.2) is 5.65 Å². The van der Waals surface area contributed by atoms with E-state index in [9.17, 15) is 31.5 Å². The number of rotatable bonds is 4. The molecule has 1 N–H and O–H groups in total. The Morgan fingerprint density at radius 2 is 1.83 bits per heavy atom. The predicted molar refractivity (Wildman–Crippen MR) is 94.3 cm³/mol. The molecule has 8 nitrogen and oxygen atoms in total. The van der Waals surface area contributed by atoms with E-state index in [0.29, 0.717) is 6.07 Å². The van der Waals surface area contributed by atoms with Crippen LogP contribution in [0.1, 0.15) is 21.7 Å². The van der Waals surface area contributed by atoms with Gasteiger partial charge in [0, 0.05) is 5.69 Å². The minimum Gasteiger partial charge on any atom is -0.545 e. The molecule has 2 heterocycles. The maximum Gasteiger partial charge on any atom is 0.433 e. The van der Waals surface area contributed by atoms with Crippen molar-refractivity contribution in [2.75, 3.05) is 4.72 Å². The van der Waals surface area contributed by atoms with Crippen molar-refractivity contribution < 1.29 is 31.5 Å². The molecule has 1 aromatic carbocycles.